The molecule has 110 valence electrons. The molecular weight excluding hydrogens is 318 g/mol. The van der Waals surface area contributed by atoms with Gasteiger partial charge in [0.2, 0.25) is 6.79 Å². The smallest absolute Gasteiger partial charge is 0.231 e. The molecule has 2 aliphatic rings. The molecule has 1 aliphatic carbocycles. The summed E-state index contributed by atoms with van der Waals surface area (Å²) in [4.78, 5) is 0. The van der Waals surface area contributed by atoms with Gasteiger partial charge in [0.1, 0.15) is 0 Å². The van der Waals surface area contributed by atoms with Crippen LogP contribution in [0.3, 0.4) is 0 Å². The quantitative estimate of drug-likeness (QED) is 0.870. The molecular formula is C16H22BrNO2. The van der Waals surface area contributed by atoms with Gasteiger partial charge in [0, 0.05) is 13.1 Å². The van der Waals surface area contributed by atoms with Crippen LogP contribution in [0.1, 0.15) is 44.6 Å². The Labute approximate surface area is 129 Å². The van der Waals surface area contributed by atoms with Crippen molar-refractivity contribution in [3.63, 3.8) is 0 Å². The van der Waals surface area contributed by atoms with Gasteiger partial charge in [-0.1, -0.05) is 19.8 Å². The normalized spacial score (nSPS) is 19.5. The van der Waals surface area contributed by atoms with Gasteiger partial charge < -0.3 is 14.8 Å². The summed E-state index contributed by atoms with van der Waals surface area (Å²) in [5, 5.41) is 3.64. The lowest BCUT2D eigenvalue weighted by molar-refractivity contribution is 0.173. The highest BCUT2D eigenvalue weighted by atomic mass is 79.9. The van der Waals surface area contributed by atoms with E-state index >= 15 is 0 Å². The molecule has 1 fully saturated rings. The summed E-state index contributed by atoms with van der Waals surface area (Å²) < 4.78 is 11.9. The minimum atomic E-state index is 0.323. The van der Waals surface area contributed by atoms with Crippen molar-refractivity contribution in [2.24, 2.45) is 5.41 Å². The van der Waals surface area contributed by atoms with Gasteiger partial charge in [0.25, 0.3) is 0 Å². The zero-order valence-electron chi connectivity index (χ0n) is 12.0. The maximum absolute atomic E-state index is 5.46. The van der Waals surface area contributed by atoms with Crippen LogP contribution in [0.4, 0.5) is 0 Å². The number of halogens is 1. The Morgan fingerprint density at radius 3 is 2.80 bits per heavy atom. The van der Waals surface area contributed by atoms with Gasteiger partial charge in [-0.3, -0.25) is 0 Å². The van der Waals surface area contributed by atoms with E-state index in [0.29, 0.717) is 12.2 Å². The fourth-order valence-electron chi connectivity index (χ4n) is 3.38. The molecule has 4 heteroatoms. The SMILES string of the molecule is CCC1(CNCc2cc(Br)c3c(c2)OCO3)CCCC1. The average Bonchev–Trinajstić information content (AvgIpc) is 3.08. The first-order valence-electron chi connectivity index (χ1n) is 7.51. The van der Waals surface area contributed by atoms with Crippen molar-refractivity contribution in [1.82, 2.24) is 5.32 Å². The Morgan fingerprint density at radius 1 is 1.25 bits per heavy atom. The molecule has 0 atom stereocenters. The fraction of sp³-hybridized carbons (Fsp3) is 0.625. The number of ether oxygens (including phenoxy) is 2. The molecule has 1 aromatic carbocycles. The van der Waals surface area contributed by atoms with Crippen LogP contribution in [0.15, 0.2) is 16.6 Å². The Kier molecular flexibility index (Phi) is 4.22. The molecule has 0 amide bonds. The fourth-order valence-corrected chi connectivity index (χ4v) is 3.98. The Balaban J connectivity index is 1.60. The van der Waals surface area contributed by atoms with E-state index in [-0.39, 0.29) is 0 Å². The van der Waals surface area contributed by atoms with Crippen LogP contribution < -0.4 is 14.8 Å². The van der Waals surface area contributed by atoms with Crippen LogP contribution in [0.25, 0.3) is 0 Å². The molecule has 1 heterocycles. The van der Waals surface area contributed by atoms with Crippen LogP contribution in [-0.2, 0) is 6.54 Å². The summed E-state index contributed by atoms with van der Waals surface area (Å²) in [6.45, 7) is 4.65. The van der Waals surface area contributed by atoms with Crippen LogP contribution in [0.5, 0.6) is 11.5 Å². The van der Waals surface area contributed by atoms with E-state index in [0.717, 1.165) is 29.1 Å². The first kappa shape index (κ1) is 14.2. The molecule has 1 aliphatic heterocycles. The number of rotatable bonds is 5. The lowest BCUT2D eigenvalue weighted by Gasteiger charge is -2.27. The number of fused-ring (bicyclic) bond motifs is 1. The Hall–Kier alpha value is -0.740. The van der Waals surface area contributed by atoms with E-state index in [4.69, 9.17) is 9.47 Å². The summed E-state index contributed by atoms with van der Waals surface area (Å²) in [5.41, 5.74) is 1.78. The molecule has 3 rings (SSSR count). The maximum atomic E-state index is 5.46. The third kappa shape index (κ3) is 2.82. The zero-order chi connectivity index (χ0) is 14.0. The largest absolute Gasteiger partial charge is 0.454 e. The van der Waals surface area contributed by atoms with Crippen molar-refractivity contribution >= 4 is 15.9 Å². The molecule has 0 spiro atoms. The third-order valence-electron chi connectivity index (χ3n) is 4.73. The van der Waals surface area contributed by atoms with Gasteiger partial charge in [-0.2, -0.15) is 0 Å². The maximum Gasteiger partial charge on any atom is 0.231 e. The molecule has 1 N–H and O–H groups in total. The molecule has 0 aromatic heterocycles. The predicted octanol–water partition coefficient (Wildman–Crippen LogP) is 4.24. The average molecular weight is 340 g/mol. The molecule has 20 heavy (non-hydrogen) atoms. The molecule has 1 saturated carbocycles. The van der Waals surface area contributed by atoms with Crippen molar-refractivity contribution in [3.05, 3.63) is 22.2 Å². The van der Waals surface area contributed by atoms with Crippen molar-refractivity contribution in [1.29, 1.82) is 0 Å². The van der Waals surface area contributed by atoms with Crippen molar-refractivity contribution in [2.45, 2.75) is 45.6 Å². The second kappa shape index (κ2) is 5.94. The summed E-state index contributed by atoms with van der Waals surface area (Å²) in [5.74, 6) is 1.68. The van der Waals surface area contributed by atoms with Crippen molar-refractivity contribution < 1.29 is 9.47 Å². The van der Waals surface area contributed by atoms with Gasteiger partial charge in [0.05, 0.1) is 4.47 Å². The Morgan fingerprint density at radius 2 is 2.05 bits per heavy atom. The molecule has 0 radical (unpaired) electrons. The lowest BCUT2D eigenvalue weighted by atomic mass is 9.83. The van der Waals surface area contributed by atoms with Crippen molar-refractivity contribution in [2.75, 3.05) is 13.3 Å². The summed E-state index contributed by atoms with van der Waals surface area (Å²) in [6, 6.07) is 4.20. The lowest BCUT2D eigenvalue weighted by Crippen LogP contribution is -2.31. The van der Waals surface area contributed by atoms with E-state index < -0.39 is 0 Å². The summed E-state index contributed by atoms with van der Waals surface area (Å²) in [6.07, 6.45) is 6.82. The van der Waals surface area contributed by atoms with Gasteiger partial charge in [-0.05, 0) is 58.3 Å². The first-order chi connectivity index (χ1) is 9.72. The van der Waals surface area contributed by atoms with Crippen LogP contribution in [-0.4, -0.2) is 13.3 Å². The predicted molar refractivity (Wildman–Crippen MR) is 83.2 cm³/mol. The number of nitrogens with one attached hydrogen (secondary N) is 1. The second-order valence-electron chi connectivity index (χ2n) is 5.98. The summed E-state index contributed by atoms with van der Waals surface area (Å²) >= 11 is 3.55. The van der Waals surface area contributed by atoms with Gasteiger partial charge in [-0.25, -0.2) is 0 Å². The Bertz CT molecular complexity index is 484. The standard InChI is InChI=1S/C16H22BrNO2/c1-2-16(5-3-4-6-16)10-18-9-12-7-13(17)15-14(8-12)19-11-20-15/h7-8,18H,2-6,9-11H2,1H3. The monoisotopic (exact) mass is 339 g/mol. The van der Waals surface area contributed by atoms with E-state index in [1.165, 1.54) is 37.7 Å². The zero-order valence-corrected chi connectivity index (χ0v) is 13.6. The highest BCUT2D eigenvalue weighted by molar-refractivity contribution is 9.10. The van der Waals surface area contributed by atoms with E-state index in [2.05, 4.69) is 40.3 Å². The van der Waals surface area contributed by atoms with Crippen LogP contribution >= 0.6 is 15.9 Å². The third-order valence-corrected chi connectivity index (χ3v) is 5.32. The van der Waals surface area contributed by atoms with Gasteiger partial charge >= 0.3 is 0 Å². The second-order valence-corrected chi connectivity index (χ2v) is 6.83. The van der Waals surface area contributed by atoms with Gasteiger partial charge in [0.15, 0.2) is 11.5 Å². The first-order valence-corrected chi connectivity index (χ1v) is 8.30. The minimum absolute atomic E-state index is 0.323. The molecule has 0 bridgehead atoms. The van der Waals surface area contributed by atoms with Crippen LogP contribution in [0.2, 0.25) is 0 Å². The van der Waals surface area contributed by atoms with E-state index in [1.54, 1.807) is 0 Å². The summed E-state index contributed by atoms with van der Waals surface area (Å²) in [7, 11) is 0. The topological polar surface area (TPSA) is 30.5 Å². The molecule has 3 nitrogen and oxygen atoms in total. The van der Waals surface area contributed by atoms with Gasteiger partial charge in [-0.15, -0.1) is 0 Å². The minimum Gasteiger partial charge on any atom is -0.454 e. The highest BCUT2D eigenvalue weighted by Gasteiger charge is 2.31. The molecule has 0 saturated heterocycles. The molecule has 0 unspecified atom stereocenters. The highest BCUT2D eigenvalue weighted by Crippen LogP contribution is 2.41. The number of hydrogen-bond acceptors (Lipinski definition) is 3. The number of benzene rings is 1. The van der Waals surface area contributed by atoms with Crippen LogP contribution in [0, 0.1) is 5.41 Å². The van der Waals surface area contributed by atoms with E-state index in [9.17, 15) is 0 Å². The van der Waals surface area contributed by atoms with Crippen molar-refractivity contribution in [3.8, 4) is 11.5 Å². The number of hydrogen-bond donors (Lipinski definition) is 1. The van der Waals surface area contributed by atoms with E-state index in [1.807, 2.05) is 0 Å². The molecule has 1 aromatic rings.